The molecule has 1 aliphatic rings. The van der Waals surface area contributed by atoms with E-state index in [-0.39, 0.29) is 29.0 Å². The summed E-state index contributed by atoms with van der Waals surface area (Å²) in [6.45, 7) is 1.12. The molecule has 0 aromatic heterocycles. The van der Waals surface area contributed by atoms with Crippen LogP contribution in [0.4, 0.5) is 27.6 Å². The zero-order chi connectivity index (χ0) is 27.1. The van der Waals surface area contributed by atoms with E-state index in [0.29, 0.717) is 6.07 Å². The largest absolute Gasteiger partial charge is 0.486 e. The van der Waals surface area contributed by atoms with Gasteiger partial charge in [0.1, 0.15) is 23.5 Å². The van der Waals surface area contributed by atoms with Gasteiger partial charge in [0.25, 0.3) is 10.0 Å². The topological polar surface area (TPSA) is 83.9 Å². The number of carboxylic acid groups (broad SMARTS) is 1. The summed E-state index contributed by atoms with van der Waals surface area (Å²) in [4.78, 5) is 10.6. The number of anilines is 1. The molecule has 4 rings (SSSR count). The van der Waals surface area contributed by atoms with Crippen LogP contribution >= 0.6 is 0 Å². The van der Waals surface area contributed by atoms with E-state index in [1.54, 1.807) is 0 Å². The second kappa shape index (κ2) is 9.66. The maximum absolute atomic E-state index is 14.4. The van der Waals surface area contributed by atoms with Gasteiger partial charge in [0.05, 0.1) is 29.1 Å². The van der Waals surface area contributed by atoms with Gasteiger partial charge in [0.2, 0.25) is 0 Å². The Morgan fingerprint density at radius 2 is 1.84 bits per heavy atom. The van der Waals surface area contributed by atoms with E-state index in [1.807, 2.05) is 0 Å². The van der Waals surface area contributed by atoms with E-state index in [1.165, 1.54) is 25.1 Å². The Morgan fingerprint density at radius 3 is 2.51 bits per heavy atom. The maximum atomic E-state index is 14.4. The van der Waals surface area contributed by atoms with Crippen LogP contribution in [0, 0.1) is 17.6 Å². The van der Waals surface area contributed by atoms with Crippen molar-refractivity contribution in [3.05, 3.63) is 77.9 Å². The van der Waals surface area contributed by atoms with Gasteiger partial charge in [0.15, 0.2) is 0 Å². The van der Waals surface area contributed by atoms with Gasteiger partial charge < -0.3 is 9.84 Å². The molecule has 0 saturated carbocycles. The van der Waals surface area contributed by atoms with Gasteiger partial charge in [-0.25, -0.2) is 17.2 Å². The van der Waals surface area contributed by atoms with Crippen LogP contribution in [-0.4, -0.2) is 32.1 Å². The molecule has 1 heterocycles. The fourth-order valence-electron chi connectivity index (χ4n) is 4.05. The van der Waals surface area contributed by atoms with Crippen molar-refractivity contribution in [2.75, 3.05) is 10.8 Å². The average molecular weight is 541 g/mol. The molecule has 1 N–H and O–H groups in total. The van der Waals surface area contributed by atoms with Crippen molar-refractivity contribution in [3.63, 3.8) is 0 Å². The van der Waals surface area contributed by atoms with Crippen LogP contribution in [0.25, 0.3) is 11.1 Å². The quantitative estimate of drug-likeness (QED) is 0.404. The van der Waals surface area contributed by atoms with Gasteiger partial charge in [-0.3, -0.25) is 9.10 Å². The van der Waals surface area contributed by atoms with Crippen molar-refractivity contribution in [2.24, 2.45) is 5.92 Å². The lowest BCUT2D eigenvalue weighted by molar-refractivity contribution is -0.139. The zero-order valence-electron chi connectivity index (χ0n) is 19.2. The summed E-state index contributed by atoms with van der Waals surface area (Å²) in [5.74, 6) is -3.35. The van der Waals surface area contributed by atoms with Crippen molar-refractivity contribution in [3.8, 4) is 16.9 Å². The first-order chi connectivity index (χ1) is 17.3. The highest BCUT2D eigenvalue weighted by Gasteiger charge is 2.39. The molecule has 0 amide bonds. The Bertz CT molecular complexity index is 1460. The Hall–Kier alpha value is -3.67. The number of hydrogen-bond acceptors (Lipinski definition) is 4. The number of halogens is 5. The molecule has 0 radical (unpaired) electrons. The third-order valence-corrected chi connectivity index (χ3v) is 7.75. The first-order valence-corrected chi connectivity index (χ1v) is 12.4. The molecule has 3 aromatic rings. The Kier molecular flexibility index (Phi) is 6.89. The SMILES string of the molecule is CC(CC(=O)O)C1CN(S(=O)(=O)c2cccc(C(F)(F)F)c2)c2cc(-c3cc(F)ccc3F)ccc2O1. The van der Waals surface area contributed by atoms with Gasteiger partial charge in [-0.15, -0.1) is 0 Å². The number of nitrogens with zero attached hydrogens (tertiary/aromatic N) is 1. The van der Waals surface area contributed by atoms with Crippen molar-refractivity contribution in [1.29, 1.82) is 0 Å². The van der Waals surface area contributed by atoms with Crippen LogP contribution in [0.2, 0.25) is 0 Å². The van der Waals surface area contributed by atoms with Gasteiger partial charge in [-0.1, -0.05) is 19.1 Å². The van der Waals surface area contributed by atoms with Crippen molar-refractivity contribution >= 4 is 21.7 Å². The van der Waals surface area contributed by atoms with E-state index in [0.717, 1.165) is 40.7 Å². The number of carboxylic acids is 1. The number of alkyl halides is 3. The number of carbonyl (C=O) groups is 1. The lowest BCUT2D eigenvalue weighted by Crippen LogP contribution is -2.46. The zero-order valence-corrected chi connectivity index (χ0v) is 20.0. The molecular weight excluding hydrogens is 521 g/mol. The number of hydrogen-bond donors (Lipinski definition) is 1. The lowest BCUT2D eigenvalue weighted by Gasteiger charge is -2.38. The molecule has 196 valence electrons. The molecule has 3 aromatic carbocycles. The summed E-state index contributed by atoms with van der Waals surface area (Å²) in [6, 6.07) is 9.86. The van der Waals surface area contributed by atoms with Crippen molar-refractivity contribution in [1.82, 2.24) is 0 Å². The highest BCUT2D eigenvalue weighted by atomic mass is 32.2. The van der Waals surface area contributed by atoms with E-state index in [2.05, 4.69) is 0 Å². The van der Waals surface area contributed by atoms with Crippen LogP contribution in [0.3, 0.4) is 0 Å². The minimum atomic E-state index is -4.80. The summed E-state index contributed by atoms with van der Waals surface area (Å²) in [7, 11) is -4.63. The van der Waals surface area contributed by atoms with Crippen molar-refractivity contribution in [2.45, 2.75) is 30.5 Å². The number of sulfonamides is 1. The number of aliphatic carboxylic acids is 1. The Balaban J connectivity index is 1.86. The van der Waals surface area contributed by atoms with Crippen LogP contribution in [0.5, 0.6) is 5.75 Å². The molecule has 1 aliphatic heterocycles. The van der Waals surface area contributed by atoms with Crippen LogP contribution in [0.15, 0.2) is 65.6 Å². The predicted octanol–water partition coefficient (Wildman–Crippen LogP) is 5.72. The second-order valence-electron chi connectivity index (χ2n) is 8.60. The number of rotatable bonds is 6. The van der Waals surface area contributed by atoms with Crippen LogP contribution in [0.1, 0.15) is 18.9 Å². The Labute approximate surface area is 209 Å². The van der Waals surface area contributed by atoms with E-state index < -0.39 is 62.8 Å². The van der Waals surface area contributed by atoms with Gasteiger partial charge in [0, 0.05) is 11.5 Å². The molecule has 0 aliphatic carbocycles. The fraction of sp³-hybridized carbons (Fsp3) is 0.240. The summed E-state index contributed by atoms with van der Waals surface area (Å²) >= 11 is 0. The molecule has 0 bridgehead atoms. The Morgan fingerprint density at radius 1 is 1.11 bits per heavy atom. The van der Waals surface area contributed by atoms with Gasteiger partial charge >= 0.3 is 12.1 Å². The molecule has 12 heteroatoms. The minimum Gasteiger partial charge on any atom is -0.486 e. The average Bonchev–Trinajstić information content (AvgIpc) is 2.83. The molecule has 37 heavy (non-hydrogen) atoms. The fourth-order valence-corrected chi connectivity index (χ4v) is 5.58. The predicted molar refractivity (Wildman–Crippen MR) is 124 cm³/mol. The molecule has 0 fully saturated rings. The number of ether oxygens (including phenoxy) is 1. The lowest BCUT2D eigenvalue weighted by atomic mass is 9.98. The standard InChI is InChI=1S/C25H20F5NO5S/c1-14(9-24(32)33)23-13-31(37(34,35)18-4-2-3-16(11-18)25(28,29)30)21-10-15(5-8-22(21)36-23)19-12-17(26)6-7-20(19)27/h2-8,10-12,14,23H,9,13H2,1H3,(H,32,33). The van der Waals surface area contributed by atoms with E-state index in [4.69, 9.17) is 4.74 Å². The number of benzene rings is 3. The first kappa shape index (κ1) is 26.4. The van der Waals surface area contributed by atoms with Gasteiger partial charge in [-0.2, -0.15) is 13.2 Å². The summed E-state index contributed by atoms with van der Waals surface area (Å²) in [5, 5.41) is 9.17. The van der Waals surface area contributed by atoms with Crippen LogP contribution in [-0.2, 0) is 21.0 Å². The molecule has 0 spiro atoms. The minimum absolute atomic E-state index is 0.00963. The number of fused-ring (bicyclic) bond motifs is 1. The molecule has 2 atom stereocenters. The maximum Gasteiger partial charge on any atom is 0.416 e. The van der Waals surface area contributed by atoms with E-state index >= 15 is 0 Å². The summed E-state index contributed by atoms with van der Waals surface area (Å²) in [6.07, 6.45) is -6.11. The molecular formula is C25H20F5NO5S. The van der Waals surface area contributed by atoms with Crippen molar-refractivity contribution < 1.29 is 45.0 Å². The summed E-state index contributed by atoms with van der Waals surface area (Å²) < 4.78 is 102. The molecule has 0 saturated heterocycles. The van der Waals surface area contributed by atoms with Crippen LogP contribution < -0.4 is 9.04 Å². The highest BCUT2D eigenvalue weighted by Crippen LogP contribution is 2.42. The monoisotopic (exact) mass is 541 g/mol. The highest BCUT2D eigenvalue weighted by molar-refractivity contribution is 7.92. The van der Waals surface area contributed by atoms with Gasteiger partial charge in [-0.05, 0) is 54.1 Å². The second-order valence-corrected chi connectivity index (χ2v) is 10.5. The third kappa shape index (κ3) is 5.38. The normalized spacial score (nSPS) is 16.6. The molecule has 6 nitrogen and oxygen atoms in total. The summed E-state index contributed by atoms with van der Waals surface area (Å²) in [5.41, 5.74) is -1.35. The molecule has 2 unspecified atom stereocenters. The third-order valence-electron chi connectivity index (χ3n) is 5.97. The first-order valence-electron chi connectivity index (χ1n) is 11.0. The van der Waals surface area contributed by atoms with E-state index in [9.17, 15) is 40.3 Å². The smallest absolute Gasteiger partial charge is 0.416 e.